The molecule has 2 aliphatic heterocycles. The number of piperidine rings is 1. The molecule has 132 valence electrons. The van der Waals surface area contributed by atoms with Gasteiger partial charge in [-0.25, -0.2) is 9.97 Å². The van der Waals surface area contributed by atoms with Crippen molar-refractivity contribution in [2.45, 2.75) is 25.0 Å². The second-order valence-corrected chi connectivity index (χ2v) is 6.57. The summed E-state index contributed by atoms with van der Waals surface area (Å²) in [7, 11) is 0. The van der Waals surface area contributed by atoms with E-state index in [1.165, 1.54) is 6.33 Å². The van der Waals surface area contributed by atoms with Gasteiger partial charge in [0, 0.05) is 19.1 Å². The number of nitrogens with two attached hydrogens (primary N) is 1. The largest absolute Gasteiger partial charge is 0.486 e. The number of fused-ring (bicyclic) bond motifs is 1. The van der Waals surface area contributed by atoms with E-state index >= 15 is 0 Å². The van der Waals surface area contributed by atoms with Crippen molar-refractivity contribution >= 4 is 11.5 Å². The topological polar surface area (TPSA) is 85.5 Å². The molecule has 3 N–H and O–H groups in total. The molecular formula is C18H23N5O2. The summed E-state index contributed by atoms with van der Waals surface area (Å²) in [5.41, 5.74) is 6.51. The number of likely N-dealkylation sites (tertiary alicyclic amines) is 1. The molecule has 1 fully saturated rings. The van der Waals surface area contributed by atoms with Crippen molar-refractivity contribution in [2.75, 3.05) is 37.3 Å². The van der Waals surface area contributed by atoms with Crippen LogP contribution in [0.25, 0.3) is 0 Å². The van der Waals surface area contributed by atoms with E-state index in [1.807, 2.05) is 24.3 Å². The van der Waals surface area contributed by atoms with Crippen LogP contribution in [0.1, 0.15) is 12.8 Å². The summed E-state index contributed by atoms with van der Waals surface area (Å²) in [4.78, 5) is 10.6. The lowest BCUT2D eigenvalue weighted by molar-refractivity contribution is 0.0518. The van der Waals surface area contributed by atoms with Gasteiger partial charge in [0.1, 0.15) is 19.0 Å². The summed E-state index contributed by atoms with van der Waals surface area (Å²) in [5, 5.41) is 3.44. The Balaban J connectivity index is 1.34. The van der Waals surface area contributed by atoms with Crippen LogP contribution in [0.4, 0.5) is 11.5 Å². The van der Waals surface area contributed by atoms with Crippen LogP contribution in [0.3, 0.4) is 0 Å². The van der Waals surface area contributed by atoms with E-state index < -0.39 is 0 Å². The third-order valence-corrected chi connectivity index (χ3v) is 4.62. The molecule has 0 spiro atoms. The third kappa shape index (κ3) is 3.76. The summed E-state index contributed by atoms with van der Waals surface area (Å²) >= 11 is 0. The van der Waals surface area contributed by atoms with Crippen LogP contribution in [0, 0.1) is 0 Å². The maximum Gasteiger partial charge on any atom is 0.161 e. The summed E-state index contributed by atoms with van der Waals surface area (Å²) in [5.74, 6) is 2.38. The van der Waals surface area contributed by atoms with Gasteiger partial charge in [0.15, 0.2) is 17.3 Å². The van der Waals surface area contributed by atoms with Crippen molar-refractivity contribution < 1.29 is 9.47 Å². The Morgan fingerprint density at radius 1 is 1.28 bits per heavy atom. The van der Waals surface area contributed by atoms with Crippen molar-refractivity contribution in [2.24, 2.45) is 0 Å². The van der Waals surface area contributed by atoms with Crippen molar-refractivity contribution in [3.63, 3.8) is 0 Å². The first-order valence-corrected chi connectivity index (χ1v) is 8.71. The van der Waals surface area contributed by atoms with Crippen LogP contribution >= 0.6 is 0 Å². The summed E-state index contributed by atoms with van der Waals surface area (Å²) < 4.78 is 11.9. The zero-order valence-corrected chi connectivity index (χ0v) is 14.1. The molecule has 0 aliphatic carbocycles. The number of nitrogen functional groups attached to an aromatic ring is 1. The molecule has 0 bridgehead atoms. The maximum absolute atomic E-state index is 6.08. The minimum absolute atomic E-state index is 0.0535. The van der Waals surface area contributed by atoms with E-state index in [-0.39, 0.29) is 6.10 Å². The van der Waals surface area contributed by atoms with Gasteiger partial charge in [-0.1, -0.05) is 12.1 Å². The molecule has 2 atom stereocenters. The molecule has 1 saturated heterocycles. The van der Waals surface area contributed by atoms with Gasteiger partial charge in [0.2, 0.25) is 0 Å². The second-order valence-electron chi connectivity index (χ2n) is 6.57. The van der Waals surface area contributed by atoms with Gasteiger partial charge in [-0.2, -0.15) is 0 Å². The molecule has 2 aliphatic rings. The molecule has 0 amide bonds. The Kier molecular flexibility index (Phi) is 4.56. The number of hydrogen-bond donors (Lipinski definition) is 2. The molecule has 7 nitrogen and oxygen atoms in total. The molecule has 4 rings (SSSR count). The quantitative estimate of drug-likeness (QED) is 0.876. The number of rotatable bonds is 4. The lowest BCUT2D eigenvalue weighted by Crippen LogP contribution is -2.48. The number of benzene rings is 1. The fourth-order valence-corrected chi connectivity index (χ4v) is 3.43. The highest BCUT2D eigenvalue weighted by atomic mass is 16.6. The molecule has 0 unspecified atom stereocenters. The van der Waals surface area contributed by atoms with E-state index in [0.29, 0.717) is 24.2 Å². The van der Waals surface area contributed by atoms with Crippen molar-refractivity contribution in [1.82, 2.24) is 14.9 Å². The molecule has 25 heavy (non-hydrogen) atoms. The van der Waals surface area contributed by atoms with E-state index in [2.05, 4.69) is 20.2 Å². The highest BCUT2D eigenvalue weighted by Crippen LogP contribution is 2.31. The molecule has 7 heteroatoms. The number of nitrogens with one attached hydrogen (secondary N) is 1. The van der Waals surface area contributed by atoms with E-state index in [0.717, 1.165) is 44.0 Å². The Bertz CT molecular complexity index is 726. The van der Waals surface area contributed by atoms with Crippen LogP contribution < -0.4 is 20.5 Å². The van der Waals surface area contributed by atoms with E-state index in [1.54, 1.807) is 6.20 Å². The van der Waals surface area contributed by atoms with Crippen LogP contribution in [0.2, 0.25) is 0 Å². The van der Waals surface area contributed by atoms with Crippen molar-refractivity contribution in [3.05, 3.63) is 36.8 Å². The molecule has 0 saturated carbocycles. The lowest BCUT2D eigenvalue weighted by Gasteiger charge is -2.36. The molecule has 0 radical (unpaired) electrons. The van der Waals surface area contributed by atoms with Gasteiger partial charge in [-0.3, -0.25) is 4.90 Å². The predicted octanol–water partition coefficient (Wildman–Crippen LogP) is 1.78. The average Bonchev–Trinajstić information content (AvgIpc) is 2.64. The normalized spacial score (nSPS) is 23.2. The van der Waals surface area contributed by atoms with Gasteiger partial charge in [-0.15, -0.1) is 0 Å². The van der Waals surface area contributed by atoms with Gasteiger partial charge >= 0.3 is 0 Å². The summed E-state index contributed by atoms with van der Waals surface area (Å²) in [6.45, 7) is 3.44. The zero-order chi connectivity index (χ0) is 17.1. The Morgan fingerprint density at radius 2 is 2.16 bits per heavy atom. The summed E-state index contributed by atoms with van der Waals surface area (Å²) in [6.07, 6.45) is 5.43. The average molecular weight is 341 g/mol. The number of nitrogens with zero attached hydrogens (tertiary/aromatic N) is 3. The van der Waals surface area contributed by atoms with Gasteiger partial charge < -0.3 is 20.5 Å². The standard InChI is InChI=1S/C18H23N5O2/c19-15-8-20-12-21-18(15)22-13-4-3-7-23(9-13)10-14-11-24-16-5-1-2-6-17(16)25-14/h1-2,5-6,8,12-14H,3-4,7,9-11,19H2,(H,20,21,22)/t13-,14-/m0/s1. The second kappa shape index (κ2) is 7.14. The first-order chi connectivity index (χ1) is 12.3. The highest BCUT2D eigenvalue weighted by molar-refractivity contribution is 5.59. The zero-order valence-electron chi connectivity index (χ0n) is 14.1. The van der Waals surface area contributed by atoms with Crippen molar-refractivity contribution in [1.29, 1.82) is 0 Å². The van der Waals surface area contributed by atoms with Gasteiger partial charge in [-0.05, 0) is 31.5 Å². The molecule has 2 aromatic rings. The molecule has 1 aromatic carbocycles. The number of ether oxygens (including phenoxy) is 2. The first kappa shape index (κ1) is 16.0. The smallest absolute Gasteiger partial charge is 0.161 e. The molecule has 3 heterocycles. The monoisotopic (exact) mass is 341 g/mol. The fourth-order valence-electron chi connectivity index (χ4n) is 3.43. The number of anilines is 2. The number of para-hydroxylation sites is 2. The Labute approximate surface area is 147 Å². The Morgan fingerprint density at radius 3 is 3.04 bits per heavy atom. The van der Waals surface area contributed by atoms with E-state index in [9.17, 15) is 0 Å². The van der Waals surface area contributed by atoms with Gasteiger partial charge in [0.05, 0.1) is 11.9 Å². The van der Waals surface area contributed by atoms with Crippen LogP contribution in [0.15, 0.2) is 36.8 Å². The van der Waals surface area contributed by atoms with Crippen molar-refractivity contribution in [3.8, 4) is 11.5 Å². The minimum Gasteiger partial charge on any atom is -0.486 e. The maximum atomic E-state index is 6.08. The fraction of sp³-hybridized carbons (Fsp3) is 0.444. The first-order valence-electron chi connectivity index (χ1n) is 8.71. The van der Waals surface area contributed by atoms with Gasteiger partial charge in [0.25, 0.3) is 0 Å². The third-order valence-electron chi connectivity index (χ3n) is 4.62. The SMILES string of the molecule is Nc1cncnc1N[C@H]1CCCN(C[C@H]2COc3ccccc3O2)C1. The Hall–Kier alpha value is -2.54. The summed E-state index contributed by atoms with van der Waals surface area (Å²) in [6, 6.07) is 8.15. The van der Waals surface area contributed by atoms with Crippen LogP contribution in [0.5, 0.6) is 11.5 Å². The number of hydrogen-bond acceptors (Lipinski definition) is 7. The van der Waals surface area contributed by atoms with Crippen LogP contribution in [-0.2, 0) is 0 Å². The number of aromatic nitrogens is 2. The van der Waals surface area contributed by atoms with E-state index in [4.69, 9.17) is 15.2 Å². The minimum atomic E-state index is 0.0535. The lowest BCUT2D eigenvalue weighted by atomic mass is 10.1. The highest BCUT2D eigenvalue weighted by Gasteiger charge is 2.26. The molecular weight excluding hydrogens is 318 g/mol. The predicted molar refractivity (Wildman–Crippen MR) is 95.9 cm³/mol. The van der Waals surface area contributed by atoms with Crippen LogP contribution in [-0.4, -0.2) is 53.3 Å². The molecule has 1 aromatic heterocycles.